The third kappa shape index (κ3) is 2.99. The highest BCUT2D eigenvalue weighted by atomic mass is 79.9. The molecule has 0 bridgehead atoms. The van der Waals surface area contributed by atoms with Crippen LogP contribution in [0, 0.1) is 0 Å². The Bertz CT molecular complexity index is 336. The molecule has 1 saturated carbocycles. The SMILES string of the molecule is Clc1ccccc1C(CBr)OC1CCCC1. The van der Waals surface area contributed by atoms with E-state index in [1.807, 2.05) is 24.3 Å². The molecule has 16 heavy (non-hydrogen) atoms. The third-order valence-electron chi connectivity index (χ3n) is 3.05. The van der Waals surface area contributed by atoms with Gasteiger partial charge >= 0.3 is 0 Å². The van der Waals surface area contributed by atoms with Gasteiger partial charge in [0, 0.05) is 15.9 Å². The van der Waals surface area contributed by atoms with Gasteiger partial charge in [0.2, 0.25) is 0 Å². The molecule has 1 unspecified atom stereocenters. The van der Waals surface area contributed by atoms with E-state index in [9.17, 15) is 0 Å². The number of alkyl halides is 1. The fourth-order valence-electron chi connectivity index (χ4n) is 2.19. The van der Waals surface area contributed by atoms with Gasteiger partial charge in [0.25, 0.3) is 0 Å². The van der Waals surface area contributed by atoms with Crippen LogP contribution in [0.2, 0.25) is 5.02 Å². The molecule has 1 aromatic carbocycles. The fraction of sp³-hybridized carbons (Fsp3) is 0.538. The Morgan fingerprint density at radius 2 is 2.00 bits per heavy atom. The zero-order valence-corrected chi connectivity index (χ0v) is 11.5. The van der Waals surface area contributed by atoms with E-state index in [0.29, 0.717) is 6.10 Å². The standard InChI is InChI=1S/C13H16BrClO/c14-9-13(16-10-5-1-2-6-10)11-7-3-4-8-12(11)15/h3-4,7-8,10,13H,1-2,5-6,9H2. The van der Waals surface area contributed by atoms with E-state index in [4.69, 9.17) is 16.3 Å². The van der Waals surface area contributed by atoms with Crippen LogP contribution in [0.1, 0.15) is 37.4 Å². The van der Waals surface area contributed by atoms with Crippen LogP contribution in [-0.2, 0) is 4.74 Å². The van der Waals surface area contributed by atoms with E-state index in [-0.39, 0.29) is 6.10 Å². The molecule has 0 heterocycles. The van der Waals surface area contributed by atoms with Crippen molar-refractivity contribution in [3.63, 3.8) is 0 Å². The summed E-state index contributed by atoms with van der Waals surface area (Å²) in [5.41, 5.74) is 1.09. The molecular weight excluding hydrogens is 287 g/mol. The Kier molecular flexibility index (Phi) is 4.68. The third-order valence-corrected chi connectivity index (χ3v) is 3.98. The summed E-state index contributed by atoms with van der Waals surface area (Å²) in [6.45, 7) is 0. The highest BCUT2D eigenvalue weighted by Gasteiger charge is 2.22. The quantitative estimate of drug-likeness (QED) is 0.730. The summed E-state index contributed by atoms with van der Waals surface area (Å²) in [6.07, 6.45) is 5.46. The molecule has 0 aromatic heterocycles. The number of ether oxygens (including phenoxy) is 1. The average Bonchev–Trinajstić information content (AvgIpc) is 2.80. The molecule has 1 nitrogen and oxygen atoms in total. The van der Waals surface area contributed by atoms with E-state index < -0.39 is 0 Å². The van der Waals surface area contributed by atoms with Gasteiger partial charge in [0.05, 0.1) is 12.2 Å². The minimum Gasteiger partial charge on any atom is -0.369 e. The van der Waals surface area contributed by atoms with Gasteiger partial charge in [0.1, 0.15) is 0 Å². The molecular formula is C13H16BrClO. The zero-order valence-electron chi connectivity index (χ0n) is 9.16. The maximum absolute atomic E-state index is 6.18. The molecule has 2 rings (SSSR count). The first-order chi connectivity index (χ1) is 7.81. The lowest BCUT2D eigenvalue weighted by Crippen LogP contribution is -2.15. The fourth-order valence-corrected chi connectivity index (χ4v) is 2.94. The molecule has 3 heteroatoms. The Morgan fingerprint density at radius 3 is 2.62 bits per heavy atom. The number of hydrogen-bond donors (Lipinski definition) is 0. The van der Waals surface area contributed by atoms with E-state index >= 15 is 0 Å². The number of benzene rings is 1. The Morgan fingerprint density at radius 1 is 1.31 bits per heavy atom. The van der Waals surface area contributed by atoms with Crippen molar-refractivity contribution < 1.29 is 4.74 Å². The predicted octanol–water partition coefficient (Wildman–Crippen LogP) is 4.74. The second kappa shape index (κ2) is 6.04. The molecule has 0 N–H and O–H groups in total. The second-order valence-electron chi connectivity index (χ2n) is 4.21. The molecule has 1 aliphatic rings. The number of hydrogen-bond acceptors (Lipinski definition) is 1. The average molecular weight is 304 g/mol. The topological polar surface area (TPSA) is 9.23 Å². The predicted molar refractivity (Wildman–Crippen MR) is 71.3 cm³/mol. The summed E-state index contributed by atoms with van der Waals surface area (Å²) in [5.74, 6) is 0. The molecule has 0 radical (unpaired) electrons. The van der Waals surface area contributed by atoms with Gasteiger partial charge in [0.15, 0.2) is 0 Å². The molecule has 0 saturated heterocycles. The summed E-state index contributed by atoms with van der Waals surface area (Å²) < 4.78 is 6.10. The summed E-state index contributed by atoms with van der Waals surface area (Å²) in [4.78, 5) is 0. The van der Waals surface area contributed by atoms with Crippen LogP contribution in [0.15, 0.2) is 24.3 Å². The Hall–Kier alpha value is -0.0500. The summed E-state index contributed by atoms with van der Waals surface area (Å²) in [6, 6.07) is 7.93. The minimum atomic E-state index is 0.0804. The van der Waals surface area contributed by atoms with Crippen molar-refractivity contribution in [3.8, 4) is 0 Å². The van der Waals surface area contributed by atoms with Gasteiger partial charge in [-0.1, -0.05) is 58.6 Å². The minimum absolute atomic E-state index is 0.0804. The van der Waals surface area contributed by atoms with Crippen LogP contribution in [0.5, 0.6) is 0 Å². The molecule has 88 valence electrons. The first-order valence-electron chi connectivity index (χ1n) is 5.77. The monoisotopic (exact) mass is 302 g/mol. The lowest BCUT2D eigenvalue weighted by Gasteiger charge is -2.21. The van der Waals surface area contributed by atoms with Gasteiger partial charge in [-0.3, -0.25) is 0 Å². The van der Waals surface area contributed by atoms with E-state index in [1.165, 1.54) is 25.7 Å². The normalized spacial score (nSPS) is 18.9. The van der Waals surface area contributed by atoms with Crippen LogP contribution in [-0.4, -0.2) is 11.4 Å². The Balaban J connectivity index is 2.06. The van der Waals surface area contributed by atoms with E-state index in [0.717, 1.165) is 15.9 Å². The molecule has 1 atom stereocenters. The van der Waals surface area contributed by atoms with Crippen LogP contribution < -0.4 is 0 Å². The Labute approximate surface area is 110 Å². The smallest absolute Gasteiger partial charge is 0.0939 e. The molecule has 0 spiro atoms. The summed E-state index contributed by atoms with van der Waals surface area (Å²) in [7, 11) is 0. The highest BCUT2D eigenvalue weighted by Crippen LogP contribution is 2.32. The highest BCUT2D eigenvalue weighted by molar-refractivity contribution is 9.09. The molecule has 0 amide bonds. The van der Waals surface area contributed by atoms with Crippen molar-refractivity contribution in [1.82, 2.24) is 0 Å². The summed E-state index contributed by atoms with van der Waals surface area (Å²) in [5, 5.41) is 1.60. The largest absolute Gasteiger partial charge is 0.369 e. The van der Waals surface area contributed by atoms with Crippen molar-refractivity contribution in [2.45, 2.75) is 37.9 Å². The number of rotatable bonds is 4. The lowest BCUT2D eigenvalue weighted by atomic mass is 10.1. The van der Waals surface area contributed by atoms with Gasteiger partial charge in [-0.15, -0.1) is 0 Å². The van der Waals surface area contributed by atoms with Crippen molar-refractivity contribution >= 4 is 27.5 Å². The van der Waals surface area contributed by atoms with Crippen molar-refractivity contribution in [1.29, 1.82) is 0 Å². The molecule has 1 aromatic rings. The van der Waals surface area contributed by atoms with Gasteiger partial charge < -0.3 is 4.74 Å². The lowest BCUT2D eigenvalue weighted by molar-refractivity contribution is 0.00440. The first kappa shape index (κ1) is 12.4. The molecule has 1 aliphatic carbocycles. The number of halogens is 2. The second-order valence-corrected chi connectivity index (χ2v) is 5.26. The maximum Gasteiger partial charge on any atom is 0.0939 e. The van der Waals surface area contributed by atoms with Crippen LogP contribution in [0.4, 0.5) is 0 Å². The maximum atomic E-state index is 6.18. The summed E-state index contributed by atoms with van der Waals surface area (Å²) >= 11 is 9.69. The van der Waals surface area contributed by atoms with Crippen LogP contribution >= 0.6 is 27.5 Å². The molecule has 0 aliphatic heterocycles. The van der Waals surface area contributed by atoms with Gasteiger partial charge in [-0.25, -0.2) is 0 Å². The first-order valence-corrected chi connectivity index (χ1v) is 7.27. The van der Waals surface area contributed by atoms with E-state index in [2.05, 4.69) is 15.9 Å². The van der Waals surface area contributed by atoms with Crippen molar-refractivity contribution in [2.75, 3.05) is 5.33 Å². The zero-order chi connectivity index (χ0) is 11.4. The van der Waals surface area contributed by atoms with Crippen molar-refractivity contribution in [3.05, 3.63) is 34.9 Å². The van der Waals surface area contributed by atoms with Crippen LogP contribution in [0.25, 0.3) is 0 Å². The van der Waals surface area contributed by atoms with Crippen molar-refractivity contribution in [2.24, 2.45) is 0 Å². The van der Waals surface area contributed by atoms with E-state index in [1.54, 1.807) is 0 Å². The van der Waals surface area contributed by atoms with Gasteiger partial charge in [-0.05, 0) is 18.9 Å². The molecule has 1 fully saturated rings. The van der Waals surface area contributed by atoms with Crippen LogP contribution in [0.3, 0.4) is 0 Å². The van der Waals surface area contributed by atoms with Gasteiger partial charge in [-0.2, -0.15) is 0 Å².